The van der Waals surface area contributed by atoms with E-state index < -0.39 is 11.6 Å². The number of halogens is 2. The van der Waals surface area contributed by atoms with Crippen LogP contribution in [-0.4, -0.2) is 170 Å². The first-order valence-corrected chi connectivity index (χ1v) is 47.6. The minimum Gasteiger partial charge on any atom is -0.494 e. The minimum absolute atomic E-state index is 0.0264. The van der Waals surface area contributed by atoms with E-state index in [1.807, 2.05) is 158 Å². The molecule has 25 nitrogen and oxygen atoms in total. The summed E-state index contributed by atoms with van der Waals surface area (Å²) < 4.78 is 70.9. The zero-order chi connectivity index (χ0) is 93.1. The van der Waals surface area contributed by atoms with Crippen LogP contribution in [0.1, 0.15) is 27.7 Å². The number of hydrogen-bond acceptors (Lipinski definition) is 28. The molecule has 4 atom stereocenters. The van der Waals surface area contributed by atoms with Crippen molar-refractivity contribution in [2.24, 2.45) is 0 Å². The number of anilines is 5. The summed E-state index contributed by atoms with van der Waals surface area (Å²) in [5, 5.41) is 18.8. The lowest BCUT2D eigenvalue weighted by molar-refractivity contribution is 0.313. The molecule has 5 aliphatic heterocycles. The maximum Gasteiger partial charge on any atom is 0.193 e. The number of fused-ring (bicyclic) bond motifs is 8. The molecule has 0 bridgehead atoms. The van der Waals surface area contributed by atoms with Crippen molar-refractivity contribution in [1.29, 1.82) is 0 Å². The molecule has 13 heterocycles. The number of rotatable bonds is 12. The van der Waals surface area contributed by atoms with Gasteiger partial charge in [-0.05, 0) is 199 Å². The number of thiazole rings is 3. The van der Waals surface area contributed by atoms with Crippen LogP contribution in [0.2, 0.25) is 0 Å². The zero-order valence-corrected chi connectivity index (χ0v) is 77.9. The highest BCUT2D eigenvalue weighted by Crippen LogP contribution is 2.38. The van der Waals surface area contributed by atoms with E-state index in [1.165, 1.54) is 84.6 Å². The molecule has 0 spiro atoms. The second-order valence-electron chi connectivity index (χ2n) is 34.4. The Kier molecular flexibility index (Phi) is 26.6. The molecular weight excluding hydrogens is 1770 g/mol. The molecule has 0 amide bonds. The monoisotopic (exact) mass is 1870 g/mol. The van der Waals surface area contributed by atoms with Gasteiger partial charge in [0.25, 0.3) is 0 Å². The van der Waals surface area contributed by atoms with Gasteiger partial charge in [0.05, 0.1) is 71.8 Å². The van der Waals surface area contributed by atoms with Crippen LogP contribution >= 0.6 is 34.0 Å². The molecule has 0 radical (unpaired) electrons. The largest absolute Gasteiger partial charge is 0.494 e. The standard InChI is InChI=1S/C22H21N3O2S.C21H21FN2O3.2C21H19N3O2S.C20H19FN2O3/c1-13-11-25(12-14(2)23-13)15-7-8-19-16(9-15)18(26)10-20(27-19)22-24-17-5-3-4-6-21(17)28-22;1-13-12-24(8-7-23-13)15-4-6-19-16(10-15)18(25)11-21(27-19)14-3-5-20(26-2)17(22)9-14;1-23-8-10-24(11-9-23)14-6-7-18-15(12-14)17(25)13-19(26-18)21-22-16-4-2-3-5-20(16)27-21;1-13-12-24(9-8-22-13)14-6-7-18-15(10-14)17(25)11-19(26-18)21-23-16-4-2-3-5-20(16)27-21;1-25-19-4-2-13(10-16(19)21)20-12-17(24)15-11-14(3-5-18(15)26-20)23-8-6-22-7-9-23/h3-10,13-14,23H,11-12H2,1-2H3;3-6,9-11,13,23H,7-8,12H2,1-2H3;2-7,12-13H,8-11H2,1H3;2-7,10-11,13,22H,8-9,12H2,1H3;2-5,10-12,22H,6-9H2,1H3/t13-,14+;13-;;13-;/m.0.0./s1. The van der Waals surface area contributed by atoms with Gasteiger partial charge in [0.2, 0.25) is 0 Å². The number of ether oxygens (including phenoxy) is 2. The number of nitrogens with zero attached hydrogens (tertiary/aromatic N) is 9. The average Bonchev–Trinajstić information content (AvgIpc) is 1.76. The topological polar surface area (TPSA) is 276 Å². The third-order valence-corrected chi connectivity index (χ3v) is 27.8. The van der Waals surface area contributed by atoms with E-state index in [0.717, 1.165) is 179 Å². The fourth-order valence-electron chi connectivity index (χ4n) is 17.7. The van der Waals surface area contributed by atoms with Crippen molar-refractivity contribution < 1.29 is 40.3 Å². The molecule has 4 N–H and O–H groups in total. The number of aromatic nitrogens is 3. The summed E-state index contributed by atoms with van der Waals surface area (Å²) in [5.74, 6) is 1.54. The van der Waals surface area contributed by atoms with Gasteiger partial charge in [-0.3, -0.25) is 24.0 Å². The third kappa shape index (κ3) is 20.2. The molecule has 135 heavy (non-hydrogen) atoms. The number of nitrogens with one attached hydrogen (secondary N) is 4. The molecule has 5 saturated heterocycles. The molecule has 30 heteroatoms. The third-order valence-electron chi connectivity index (χ3n) is 24.7. The number of methoxy groups -OCH3 is 2. The quantitative estimate of drug-likeness (QED) is 0.0884. The summed E-state index contributed by atoms with van der Waals surface area (Å²) in [6, 6.07) is 70.9. The molecule has 5 fully saturated rings. The van der Waals surface area contributed by atoms with Crippen LogP contribution in [-0.2, 0) is 0 Å². The van der Waals surface area contributed by atoms with Crippen molar-refractivity contribution in [3.63, 3.8) is 0 Å². The van der Waals surface area contributed by atoms with Gasteiger partial charge in [-0.15, -0.1) is 34.0 Å². The van der Waals surface area contributed by atoms with Gasteiger partial charge in [0.1, 0.15) is 39.4 Å². The molecule has 0 saturated carbocycles. The van der Waals surface area contributed by atoms with Gasteiger partial charge in [-0.1, -0.05) is 36.4 Å². The summed E-state index contributed by atoms with van der Waals surface area (Å²) >= 11 is 4.61. The Morgan fingerprint density at radius 2 is 0.637 bits per heavy atom. The minimum atomic E-state index is -0.499. The van der Waals surface area contributed by atoms with Crippen LogP contribution in [0.3, 0.4) is 0 Å². The molecule has 5 aliphatic rings. The zero-order valence-electron chi connectivity index (χ0n) is 75.5. The Labute approximate surface area is 786 Å². The van der Waals surface area contributed by atoms with Crippen molar-refractivity contribution in [2.75, 3.05) is 150 Å². The molecule has 0 unspecified atom stereocenters. The van der Waals surface area contributed by atoms with E-state index in [0.29, 0.717) is 119 Å². The van der Waals surface area contributed by atoms with E-state index in [-0.39, 0.29) is 38.6 Å². The highest BCUT2D eigenvalue weighted by atomic mass is 32.1. The lowest BCUT2D eigenvalue weighted by Crippen LogP contribution is -2.54. The van der Waals surface area contributed by atoms with E-state index >= 15 is 0 Å². The number of likely N-dealkylation sites (N-methyl/N-ethyl adjacent to an activating group) is 1. The summed E-state index contributed by atoms with van der Waals surface area (Å²) in [6.07, 6.45) is 0. The van der Waals surface area contributed by atoms with Crippen LogP contribution < -0.4 is 82.4 Å². The molecule has 18 aromatic rings. The van der Waals surface area contributed by atoms with Crippen LogP contribution in [0, 0.1) is 11.6 Å². The van der Waals surface area contributed by atoms with Gasteiger partial charge in [-0.25, -0.2) is 23.7 Å². The number of para-hydroxylation sites is 3. The Hall–Kier alpha value is -13.8. The van der Waals surface area contributed by atoms with E-state index in [1.54, 1.807) is 36.4 Å². The molecular formula is C105H99F2N13O12S3. The van der Waals surface area contributed by atoms with Crippen molar-refractivity contribution in [1.82, 2.24) is 41.1 Å². The van der Waals surface area contributed by atoms with Gasteiger partial charge in [0.15, 0.2) is 82.6 Å². The van der Waals surface area contributed by atoms with Crippen LogP contribution in [0.4, 0.5) is 37.2 Å². The number of piperazine rings is 5. The molecule has 8 aromatic heterocycles. The smallest absolute Gasteiger partial charge is 0.193 e. The molecule has 10 aromatic carbocycles. The SMILES string of the molecule is CN1CCN(c2ccc3oc(-c4nc5ccccc5s4)cc(=O)c3c2)CC1.COc1ccc(-c2cc(=O)c3cc(N4CCNCC4)ccc3o2)cc1F.COc1ccc(-c2cc(=O)c3cc(N4CCN[C@@H](C)C4)ccc3o2)cc1F.C[C@@H]1CN(c2ccc3oc(-c4nc5ccccc5s4)cc(=O)c3c2)C[C@H](C)N1.C[C@H]1CN(c2ccc3oc(-c4nc5ccccc5s4)cc(=O)c3c2)CCN1. The van der Waals surface area contributed by atoms with Crippen molar-refractivity contribution in [2.45, 2.75) is 51.9 Å². The second-order valence-corrected chi connectivity index (χ2v) is 37.5. The van der Waals surface area contributed by atoms with Crippen LogP contribution in [0.15, 0.2) is 277 Å². The maximum absolute atomic E-state index is 14.0. The van der Waals surface area contributed by atoms with Crippen molar-refractivity contribution in [3.8, 4) is 66.5 Å². The first kappa shape index (κ1) is 90.4. The lowest BCUT2D eigenvalue weighted by atomic mass is 10.1. The summed E-state index contributed by atoms with van der Waals surface area (Å²) in [5.41, 5.74) is 11.4. The summed E-state index contributed by atoms with van der Waals surface area (Å²) in [4.78, 5) is 91.2. The first-order chi connectivity index (χ1) is 65.6. The number of benzene rings is 10. The fourth-order valence-corrected chi connectivity index (χ4v) is 20.5. The van der Waals surface area contributed by atoms with E-state index in [9.17, 15) is 32.8 Å². The Bertz CT molecular complexity index is 7670. The Balaban J connectivity index is 0.000000108. The Morgan fingerprint density at radius 3 is 0.970 bits per heavy atom. The summed E-state index contributed by atoms with van der Waals surface area (Å²) in [6.45, 7) is 23.7. The van der Waals surface area contributed by atoms with Gasteiger partial charge >= 0.3 is 0 Å². The lowest BCUT2D eigenvalue weighted by Gasteiger charge is -2.37. The first-order valence-electron chi connectivity index (χ1n) is 45.1. The van der Waals surface area contributed by atoms with E-state index in [2.05, 4.69) is 100 Å². The van der Waals surface area contributed by atoms with E-state index in [4.69, 9.17) is 31.6 Å². The van der Waals surface area contributed by atoms with Gasteiger partial charge in [-0.2, -0.15) is 0 Å². The maximum atomic E-state index is 14.0. The predicted octanol–water partition coefficient (Wildman–Crippen LogP) is 18.4. The normalized spacial score (nSPS) is 17.1. The van der Waals surface area contributed by atoms with Crippen LogP contribution in [0.25, 0.3) is 140 Å². The van der Waals surface area contributed by atoms with Crippen molar-refractivity contribution >= 4 is 148 Å². The van der Waals surface area contributed by atoms with Crippen molar-refractivity contribution in [3.05, 3.63) is 293 Å². The summed E-state index contributed by atoms with van der Waals surface area (Å²) in [7, 11) is 4.95. The highest BCUT2D eigenvalue weighted by Gasteiger charge is 2.27. The highest BCUT2D eigenvalue weighted by molar-refractivity contribution is 7.22. The fraction of sp³-hybridized carbons (Fsp3) is 0.257. The second kappa shape index (κ2) is 39.8. The Morgan fingerprint density at radius 1 is 0.333 bits per heavy atom. The predicted molar refractivity (Wildman–Crippen MR) is 541 cm³/mol. The van der Waals surface area contributed by atoms with Crippen LogP contribution in [0.5, 0.6) is 11.5 Å². The van der Waals surface area contributed by atoms with Gasteiger partial charge < -0.3 is 82.2 Å². The molecule has 0 aliphatic carbocycles. The number of hydrogen-bond donors (Lipinski definition) is 4. The average molecular weight is 1870 g/mol. The van der Waals surface area contributed by atoms with Gasteiger partial charge in [0, 0.05) is 199 Å². The molecule has 688 valence electrons. The molecule has 23 rings (SSSR count).